The second-order valence-electron chi connectivity index (χ2n) is 5.46. The summed E-state index contributed by atoms with van der Waals surface area (Å²) in [6, 6.07) is 0. The number of unbranched alkanes of at least 4 members (excludes halogenated alkanes) is 2. The Morgan fingerprint density at radius 3 is 1.45 bits per heavy atom. The molecule has 2 N–H and O–H groups in total. The van der Waals surface area contributed by atoms with E-state index in [2.05, 4.69) is 46.1 Å². The van der Waals surface area contributed by atoms with Crippen molar-refractivity contribution in [3.63, 3.8) is 0 Å². The first-order valence-corrected chi connectivity index (χ1v) is 8.52. The summed E-state index contributed by atoms with van der Waals surface area (Å²) in [5.41, 5.74) is 0. The molecule has 0 bridgehead atoms. The number of hydrogen-bond acceptors (Lipinski definition) is 6. The molecular weight excluding hydrogens is 320 g/mol. The third kappa shape index (κ3) is 8.03. The molecule has 2 atom stereocenters. The summed E-state index contributed by atoms with van der Waals surface area (Å²) in [5, 5.41) is 13.3. The van der Waals surface area contributed by atoms with E-state index in [0.717, 1.165) is 25.7 Å². The molecule has 0 spiro atoms. The van der Waals surface area contributed by atoms with Crippen LogP contribution in [-0.2, 0) is 9.59 Å². The highest BCUT2D eigenvalue weighted by Gasteiger charge is 2.33. The lowest BCUT2D eigenvalue weighted by Crippen LogP contribution is -2.42. The summed E-state index contributed by atoms with van der Waals surface area (Å²) in [6.45, 7) is 8.26. The van der Waals surface area contributed by atoms with Crippen molar-refractivity contribution in [2.45, 2.75) is 63.1 Å². The average Bonchev–Trinajstić information content (AvgIpc) is 2.45. The molecule has 0 saturated carbocycles. The van der Waals surface area contributed by atoms with Crippen molar-refractivity contribution in [2.24, 2.45) is 10.2 Å². The van der Waals surface area contributed by atoms with Crippen LogP contribution >= 0.6 is 25.3 Å². The molecule has 2 amide bonds. The maximum atomic E-state index is 12.0. The highest BCUT2D eigenvalue weighted by atomic mass is 32.1. The number of nitrogens with one attached hydrogen (secondary N) is 2. The minimum absolute atomic E-state index is 0.344. The minimum atomic E-state index is -1.33. The maximum absolute atomic E-state index is 12.0. The number of nitrogens with zero attached hydrogens (tertiary/aromatic N) is 2. The van der Waals surface area contributed by atoms with Gasteiger partial charge in [0.25, 0.3) is 11.8 Å². The Bertz CT molecular complexity index is 362. The number of carbonyl (C=O) groups excluding carboxylic acids is 2. The largest absolute Gasteiger partial charge is 0.353 e. The zero-order valence-electron chi connectivity index (χ0n) is 13.8. The molecule has 0 heterocycles. The van der Waals surface area contributed by atoms with E-state index in [9.17, 15) is 9.59 Å². The number of carbonyl (C=O) groups is 2. The second kappa shape index (κ2) is 10.1. The molecule has 0 aromatic heterocycles. The predicted molar refractivity (Wildman–Crippen MR) is 95.5 cm³/mol. The van der Waals surface area contributed by atoms with E-state index in [4.69, 9.17) is 0 Å². The molecule has 0 saturated heterocycles. The van der Waals surface area contributed by atoms with Gasteiger partial charge in [0.05, 0.1) is 0 Å². The van der Waals surface area contributed by atoms with E-state index < -0.39 is 9.74 Å². The Balaban J connectivity index is 4.62. The van der Waals surface area contributed by atoms with Gasteiger partial charge in [0.1, 0.15) is 0 Å². The Morgan fingerprint density at radius 1 is 0.864 bits per heavy atom. The van der Waals surface area contributed by atoms with Gasteiger partial charge in [-0.2, -0.15) is 10.2 Å². The standard InChI is InChI=1S/C14H28N4O2S2/c1-5-7-9-15-11(19)13(3,21)17-18-14(4,22)12(20)16-10-8-6-2/h21-22H,5-10H2,1-4H3,(H,15,19)(H,16,20). The summed E-state index contributed by atoms with van der Waals surface area (Å²) in [7, 11) is 0. The van der Waals surface area contributed by atoms with Gasteiger partial charge in [0.2, 0.25) is 0 Å². The van der Waals surface area contributed by atoms with Crippen LogP contribution in [0.3, 0.4) is 0 Å². The number of amides is 2. The first-order chi connectivity index (χ1) is 10.2. The molecule has 2 unspecified atom stereocenters. The zero-order chi connectivity index (χ0) is 17.2. The number of hydrogen-bond donors (Lipinski definition) is 4. The molecule has 0 aliphatic heterocycles. The first kappa shape index (κ1) is 21.2. The van der Waals surface area contributed by atoms with Crippen LogP contribution in [0, 0.1) is 0 Å². The summed E-state index contributed by atoms with van der Waals surface area (Å²) in [6.07, 6.45) is 3.74. The molecule has 0 rings (SSSR count). The van der Waals surface area contributed by atoms with Gasteiger partial charge in [-0.15, -0.1) is 25.3 Å². The number of rotatable bonds is 10. The number of azo groups is 1. The van der Waals surface area contributed by atoms with Crippen LogP contribution in [0.15, 0.2) is 10.2 Å². The lowest BCUT2D eigenvalue weighted by atomic mass is 10.3. The molecule has 0 aromatic rings. The predicted octanol–water partition coefficient (Wildman–Crippen LogP) is 2.56. The normalized spacial score (nSPS) is 16.8. The van der Waals surface area contributed by atoms with E-state index in [0.29, 0.717) is 13.1 Å². The quantitative estimate of drug-likeness (QED) is 0.278. The third-order valence-electron chi connectivity index (χ3n) is 2.93. The van der Waals surface area contributed by atoms with E-state index in [1.807, 2.05) is 13.8 Å². The summed E-state index contributed by atoms with van der Waals surface area (Å²) in [5.74, 6) is -0.688. The van der Waals surface area contributed by atoms with Gasteiger partial charge in [-0.3, -0.25) is 9.59 Å². The van der Waals surface area contributed by atoms with Gasteiger partial charge in [0.15, 0.2) is 9.74 Å². The van der Waals surface area contributed by atoms with Crippen LogP contribution < -0.4 is 10.6 Å². The molecule has 8 heteroatoms. The van der Waals surface area contributed by atoms with Crippen molar-refractivity contribution in [3.8, 4) is 0 Å². The fraction of sp³-hybridized carbons (Fsp3) is 0.857. The smallest absolute Gasteiger partial charge is 0.259 e. The fourth-order valence-corrected chi connectivity index (χ4v) is 1.63. The van der Waals surface area contributed by atoms with Crippen LogP contribution in [0.4, 0.5) is 0 Å². The second-order valence-corrected chi connectivity index (χ2v) is 7.20. The summed E-state index contributed by atoms with van der Waals surface area (Å²) >= 11 is 8.42. The minimum Gasteiger partial charge on any atom is -0.353 e. The van der Waals surface area contributed by atoms with Crippen molar-refractivity contribution < 1.29 is 9.59 Å². The summed E-state index contributed by atoms with van der Waals surface area (Å²) < 4.78 is 0. The van der Waals surface area contributed by atoms with Gasteiger partial charge in [-0.05, 0) is 26.7 Å². The van der Waals surface area contributed by atoms with E-state index in [1.54, 1.807) is 0 Å². The lowest BCUT2D eigenvalue weighted by Gasteiger charge is -2.21. The Hall–Kier alpha value is -0.760. The molecule has 6 nitrogen and oxygen atoms in total. The molecule has 22 heavy (non-hydrogen) atoms. The van der Waals surface area contributed by atoms with Crippen LogP contribution in [0.25, 0.3) is 0 Å². The Labute approximate surface area is 144 Å². The average molecular weight is 349 g/mol. The van der Waals surface area contributed by atoms with Gasteiger partial charge in [0, 0.05) is 13.1 Å². The molecule has 0 aromatic carbocycles. The molecule has 128 valence electrons. The van der Waals surface area contributed by atoms with Crippen LogP contribution in [0.5, 0.6) is 0 Å². The zero-order valence-corrected chi connectivity index (χ0v) is 15.6. The van der Waals surface area contributed by atoms with E-state index in [1.165, 1.54) is 13.8 Å². The van der Waals surface area contributed by atoms with Crippen molar-refractivity contribution in [3.05, 3.63) is 0 Å². The lowest BCUT2D eigenvalue weighted by molar-refractivity contribution is -0.124. The van der Waals surface area contributed by atoms with E-state index >= 15 is 0 Å². The molecule has 0 radical (unpaired) electrons. The van der Waals surface area contributed by atoms with Crippen molar-refractivity contribution in [2.75, 3.05) is 13.1 Å². The first-order valence-electron chi connectivity index (χ1n) is 7.62. The molecule has 0 aliphatic carbocycles. The third-order valence-corrected chi connectivity index (χ3v) is 3.52. The topological polar surface area (TPSA) is 82.9 Å². The highest BCUT2D eigenvalue weighted by Crippen LogP contribution is 2.22. The van der Waals surface area contributed by atoms with Crippen LogP contribution in [0.2, 0.25) is 0 Å². The van der Waals surface area contributed by atoms with Gasteiger partial charge >= 0.3 is 0 Å². The number of thiol groups is 2. The SMILES string of the molecule is CCCCNC(=O)C(C)(S)N=NC(C)(S)C(=O)NCCCC. The molecule has 0 fully saturated rings. The summed E-state index contributed by atoms with van der Waals surface area (Å²) in [4.78, 5) is 21.3. The van der Waals surface area contributed by atoms with Crippen LogP contribution in [0.1, 0.15) is 53.4 Å². The highest BCUT2D eigenvalue weighted by molar-refractivity contribution is 7.83. The Morgan fingerprint density at radius 2 is 1.18 bits per heavy atom. The molecular formula is C14H28N4O2S2. The van der Waals surface area contributed by atoms with Crippen LogP contribution in [-0.4, -0.2) is 34.6 Å². The van der Waals surface area contributed by atoms with Crippen molar-refractivity contribution in [1.82, 2.24) is 10.6 Å². The van der Waals surface area contributed by atoms with Crippen molar-refractivity contribution in [1.29, 1.82) is 0 Å². The van der Waals surface area contributed by atoms with Gasteiger partial charge < -0.3 is 10.6 Å². The van der Waals surface area contributed by atoms with Gasteiger partial charge in [-0.1, -0.05) is 26.7 Å². The Kier molecular flexibility index (Phi) is 9.75. The van der Waals surface area contributed by atoms with Gasteiger partial charge in [-0.25, -0.2) is 0 Å². The monoisotopic (exact) mass is 348 g/mol. The van der Waals surface area contributed by atoms with Crippen molar-refractivity contribution >= 4 is 37.1 Å². The fourth-order valence-electron chi connectivity index (χ4n) is 1.38. The molecule has 0 aliphatic rings. The van der Waals surface area contributed by atoms with E-state index in [-0.39, 0.29) is 11.8 Å². The maximum Gasteiger partial charge on any atom is 0.259 e.